The number of aromatic nitrogens is 2. The SMILES string of the molecule is CCOCc1nc(NC)cc(NCCN(CC)CC)n1. The van der Waals surface area contributed by atoms with Gasteiger partial charge in [0.15, 0.2) is 5.82 Å². The van der Waals surface area contributed by atoms with Gasteiger partial charge in [0.25, 0.3) is 0 Å². The fourth-order valence-corrected chi connectivity index (χ4v) is 1.86. The lowest BCUT2D eigenvalue weighted by atomic mass is 10.4. The van der Waals surface area contributed by atoms with E-state index in [1.54, 1.807) is 0 Å². The highest BCUT2D eigenvalue weighted by Crippen LogP contribution is 2.11. The maximum Gasteiger partial charge on any atom is 0.158 e. The molecule has 6 heteroatoms. The molecule has 0 aliphatic carbocycles. The van der Waals surface area contributed by atoms with Gasteiger partial charge in [0, 0.05) is 32.8 Å². The van der Waals surface area contributed by atoms with Crippen molar-refractivity contribution in [3.05, 3.63) is 11.9 Å². The molecule has 0 saturated heterocycles. The molecule has 0 saturated carbocycles. The van der Waals surface area contributed by atoms with Crippen molar-refractivity contribution in [2.75, 3.05) is 50.5 Å². The van der Waals surface area contributed by atoms with Crippen LogP contribution in [0.4, 0.5) is 11.6 Å². The summed E-state index contributed by atoms with van der Waals surface area (Å²) < 4.78 is 5.36. The Morgan fingerprint density at radius 3 is 2.45 bits per heavy atom. The number of anilines is 2. The van der Waals surface area contributed by atoms with Crippen LogP contribution in [0, 0.1) is 0 Å². The Morgan fingerprint density at radius 2 is 1.85 bits per heavy atom. The molecule has 0 amide bonds. The van der Waals surface area contributed by atoms with Crippen LogP contribution in [0.5, 0.6) is 0 Å². The number of ether oxygens (including phenoxy) is 1. The average molecular weight is 281 g/mol. The first-order valence-corrected chi connectivity index (χ1v) is 7.33. The summed E-state index contributed by atoms with van der Waals surface area (Å²) in [6.07, 6.45) is 0. The highest BCUT2D eigenvalue weighted by Gasteiger charge is 2.04. The van der Waals surface area contributed by atoms with Gasteiger partial charge in [0.2, 0.25) is 0 Å². The lowest BCUT2D eigenvalue weighted by Crippen LogP contribution is -2.28. The zero-order chi connectivity index (χ0) is 14.8. The summed E-state index contributed by atoms with van der Waals surface area (Å²) in [5, 5.41) is 6.40. The van der Waals surface area contributed by atoms with Gasteiger partial charge in [-0.3, -0.25) is 0 Å². The van der Waals surface area contributed by atoms with Gasteiger partial charge in [-0.2, -0.15) is 0 Å². The highest BCUT2D eigenvalue weighted by atomic mass is 16.5. The second kappa shape index (κ2) is 9.50. The highest BCUT2D eigenvalue weighted by molar-refractivity contribution is 5.47. The minimum absolute atomic E-state index is 0.441. The lowest BCUT2D eigenvalue weighted by Gasteiger charge is -2.18. The zero-order valence-corrected chi connectivity index (χ0v) is 13.1. The molecule has 0 bridgehead atoms. The summed E-state index contributed by atoms with van der Waals surface area (Å²) in [5.74, 6) is 2.34. The quantitative estimate of drug-likeness (QED) is 0.682. The van der Waals surface area contributed by atoms with E-state index >= 15 is 0 Å². The minimum atomic E-state index is 0.441. The van der Waals surface area contributed by atoms with Crippen molar-refractivity contribution in [1.29, 1.82) is 0 Å². The smallest absolute Gasteiger partial charge is 0.158 e. The number of likely N-dealkylation sites (N-methyl/N-ethyl adjacent to an activating group) is 1. The van der Waals surface area contributed by atoms with E-state index in [0.29, 0.717) is 19.0 Å². The number of rotatable bonds is 10. The van der Waals surface area contributed by atoms with Gasteiger partial charge in [-0.05, 0) is 20.0 Å². The van der Waals surface area contributed by atoms with Crippen molar-refractivity contribution in [2.45, 2.75) is 27.4 Å². The molecule has 0 unspecified atom stereocenters. The molecule has 1 aromatic rings. The van der Waals surface area contributed by atoms with Crippen molar-refractivity contribution < 1.29 is 4.74 Å². The first kappa shape index (κ1) is 16.7. The van der Waals surface area contributed by atoms with Crippen LogP contribution in [-0.4, -0.2) is 54.7 Å². The summed E-state index contributed by atoms with van der Waals surface area (Å²) in [6, 6.07) is 1.91. The van der Waals surface area contributed by atoms with Crippen molar-refractivity contribution in [1.82, 2.24) is 14.9 Å². The summed E-state index contributed by atoms with van der Waals surface area (Å²) in [4.78, 5) is 11.2. The monoisotopic (exact) mass is 281 g/mol. The third-order valence-electron chi connectivity index (χ3n) is 3.09. The van der Waals surface area contributed by atoms with Crippen molar-refractivity contribution in [2.24, 2.45) is 0 Å². The third-order valence-corrected chi connectivity index (χ3v) is 3.09. The first-order valence-electron chi connectivity index (χ1n) is 7.33. The van der Waals surface area contributed by atoms with E-state index in [4.69, 9.17) is 4.74 Å². The minimum Gasteiger partial charge on any atom is -0.374 e. The first-order chi connectivity index (χ1) is 9.73. The topological polar surface area (TPSA) is 62.3 Å². The molecular formula is C14H27N5O. The van der Waals surface area contributed by atoms with E-state index in [1.165, 1.54) is 0 Å². The van der Waals surface area contributed by atoms with Gasteiger partial charge in [0.05, 0.1) is 0 Å². The largest absolute Gasteiger partial charge is 0.374 e. The van der Waals surface area contributed by atoms with Crippen LogP contribution >= 0.6 is 0 Å². The van der Waals surface area contributed by atoms with E-state index in [2.05, 4.69) is 39.3 Å². The fraction of sp³-hybridized carbons (Fsp3) is 0.714. The predicted molar refractivity (Wildman–Crippen MR) is 83.2 cm³/mol. The Bertz CT molecular complexity index is 382. The Morgan fingerprint density at radius 1 is 1.15 bits per heavy atom. The molecule has 1 rings (SSSR count). The van der Waals surface area contributed by atoms with Crippen LogP contribution in [0.15, 0.2) is 6.07 Å². The average Bonchev–Trinajstić information content (AvgIpc) is 2.49. The number of nitrogens with one attached hydrogen (secondary N) is 2. The van der Waals surface area contributed by atoms with Crippen LogP contribution < -0.4 is 10.6 Å². The molecule has 0 spiro atoms. The Kier molecular flexibility index (Phi) is 7.91. The molecule has 1 aromatic heterocycles. The van der Waals surface area contributed by atoms with Gasteiger partial charge in [-0.25, -0.2) is 9.97 Å². The molecule has 20 heavy (non-hydrogen) atoms. The summed E-state index contributed by atoms with van der Waals surface area (Å²) in [7, 11) is 1.85. The summed E-state index contributed by atoms with van der Waals surface area (Å²) in [6.45, 7) is 11.4. The molecule has 0 aliphatic heterocycles. The van der Waals surface area contributed by atoms with Crippen molar-refractivity contribution in [3.63, 3.8) is 0 Å². The fourth-order valence-electron chi connectivity index (χ4n) is 1.86. The number of hydrogen-bond acceptors (Lipinski definition) is 6. The van der Waals surface area contributed by atoms with E-state index in [1.807, 2.05) is 20.0 Å². The molecule has 6 nitrogen and oxygen atoms in total. The Balaban J connectivity index is 2.59. The van der Waals surface area contributed by atoms with Crippen LogP contribution in [-0.2, 0) is 11.3 Å². The molecule has 0 radical (unpaired) electrons. The summed E-state index contributed by atoms with van der Waals surface area (Å²) >= 11 is 0. The maximum absolute atomic E-state index is 5.36. The van der Waals surface area contributed by atoms with E-state index in [9.17, 15) is 0 Å². The normalized spacial score (nSPS) is 10.8. The second-order valence-electron chi connectivity index (χ2n) is 4.40. The summed E-state index contributed by atoms with van der Waals surface area (Å²) in [5.41, 5.74) is 0. The Labute approximate surface area is 121 Å². The lowest BCUT2D eigenvalue weighted by molar-refractivity contribution is 0.128. The van der Waals surface area contributed by atoms with E-state index in [0.717, 1.165) is 37.8 Å². The number of hydrogen-bond donors (Lipinski definition) is 2. The molecular weight excluding hydrogens is 254 g/mol. The van der Waals surface area contributed by atoms with E-state index in [-0.39, 0.29) is 0 Å². The van der Waals surface area contributed by atoms with Gasteiger partial charge >= 0.3 is 0 Å². The third kappa shape index (κ3) is 5.71. The molecule has 0 aliphatic rings. The predicted octanol–water partition coefficient (Wildman–Crippen LogP) is 1.81. The van der Waals surface area contributed by atoms with Gasteiger partial charge < -0.3 is 20.3 Å². The van der Waals surface area contributed by atoms with Crippen LogP contribution in [0.3, 0.4) is 0 Å². The standard InChI is InChI=1S/C14H27N5O/c1-5-19(6-2)9-8-16-13-10-12(15-4)17-14(18-13)11-20-7-3/h10H,5-9,11H2,1-4H3,(H2,15,16,17,18). The van der Waals surface area contributed by atoms with Gasteiger partial charge in [0.1, 0.15) is 18.2 Å². The van der Waals surface area contributed by atoms with Crippen LogP contribution in [0.2, 0.25) is 0 Å². The van der Waals surface area contributed by atoms with Gasteiger partial charge in [-0.15, -0.1) is 0 Å². The van der Waals surface area contributed by atoms with Gasteiger partial charge in [-0.1, -0.05) is 13.8 Å². The molecule has 0 atom stereocenters. The molecule has 114 valence electrons. The van der Waals surface area contributed by atoms with Crippen molar-refractivity contribution >= 4 is 11.6 Å². The van der Waals surface area contributed by atoms with E-state index < -0.39 is 0 Å². The molecule has 2 N–H and O–H groups in total. The van der Waals surface area contributed by atoms with Crippen molar-refractivity contribution in [3.8, 4) is 0 Å². The molecule has 0 fully saturated rings. The second-order valence-corrected chi connectivity index (χ2v) is 4.40. The van der Waals surface area contributed by atoms with Crippen LogP contribution in [0.25, 0.3) is 0 Å². The zero-order valence-electron chi connectivity index (χ0n) is 13.1. The Hall–Kier alpha value is -1.40. The van der Waals surface area contributed by atoms with Crippen LogP contribution in [0.1, 0.15) is 26.6 Å². The maximum atomic E-state index is 5.36. The molecule has 1 heterocycles. The molecule has 0 aromatic carbocycles. The number of nitrogens with zero attached hydrogens (tertiary/aromatic N) is 3.